The van der Waals surface area contributed by atoms with E-state index in [1.807, 2.05) is 29.2 Å². The number of halogens is 1. The number of benzene rings is 1. The fraction of sp³-hybridized carbons (Fsp3) is 0.611. The summed E-state index contributed by atoms with van der Waals surface area (Å²) in [5.74, 6) is 1.38. The van der Waals surface area contributed by atoms with Crippen LogP contribution < -0.4 is 10.5 Å². The summed E-state index contributed by atoms with van der Waals surface area (Å²) in [5.41, 5.74) is 6.81. The van der Waals surface area contributed by atoms with E-state index in [9.17, 15) is 4.79 Å². The SMILES string of the molecule is CC(C)COc1ccc(C(=O)N2CCC(N)C(C)(C)C2)cc1.Cl. The number of likely N-dealkylation sites (tertiary alicyclic amines) is 1. The van der Waals surface area contributed by atoms with Crippen molar-refractivity contribution in [1.82, 2.24) is 4.90 Å². The van der Waals surface area contributed by atoms with Gasteiger partial charge < -0.3 is 15.4 Å². The van der Waals surface area contributed by atoms with Crippen molar-refractivity contribution in [2.24, 2.45) is 17.1 Å². The molecule has 0 spiro atoms. The molecule has 23 heavy (non-hydrogen) atoms. The second-order valence-corrected chi connectivity index (χ2v) is 7.34. The maximum Gasteiger partial charge on any atom is 0.253 e. The second-order valence-electron chi connectivity index (χ2n) is 7.34. The number of nitrogens with two attached hydrogens (primary N) is 1. The average molecular weight is 341 g/mol. The van der Waals surface area contributed by atoms with Gasteiger partial charge in [-0.3, -0.25) is 4.79 Å². The summed E-state index contributed by atoms with van der Waals surface area (Å²) in [4.78, 5) is 14.5. The Morgan fingerprint density at radius 2 is 1.96 bits per heavy atom. The zero-order valence-electron chi connectivity index (χ0n) is 14.5. The van der Waals surface area contributed by atoms with Gasteiger partial charge >= 0.3 is 0 Å². The van der Waals surface area contributed by atoms with E-state index >= 15 is 0 Å². The highest BCUT2D eigenvalue weighted by Gasteiger charge is 2.35. The number of amides is 1. The maximum atomic E-state index is 12.6. The molecule has 0 aliphatic carbocycles. The Hall–Kier alpha value is -1.26. The van der Waals surface area contributed by atoms with E-state index in [2.05, 4.69) is 27.7 Å². The van der Waals surface area contributed by atoms with Crippen LogP contribution in [0.15, 0.2) is 24.3 Å². The highest BCUT2D eigenvalue weighted by molar-refractivity contribution is 5.94. The summed E-state index contributed by atoms with van der Waals surface area (Å²) in [6.07, 6.45) is 0.855. The number of hydrogen-bond donors (Lipinski definition) is 1. The van der Waals surface area contributed by atoms with Gasteiger partial charge in [-0.1, -0.05) is 27.7 Å². The quantitative estimate of drug-likeness (QED) is 0.914. The molecule has 1 aliphatic heterocycles. The molecule has 1 aromatic carbocycles. The van der Waals surface area contributed by atoms with E-state index in [1.54, 1.807) is 0 Å². The number of hydrogen-bond acceptors (Lipinski definition) is 3. The van der Waals surface area contributed by atoms with Crippen molar-refractivity contribution in [2.75, 3.05) is 19.7 Å². The number of ether oxygens (including phenoxy) is 1. The lowest BCUT2D eigenvalue weighted by Crippen LogP contribution is -2.53. The van der Waals surface area contributed by atoms with Crippen LogP contribution >= 0.6 is 12.4 Å². The van der Waals surface area contributed by atoms with Crippen LogP contribution in [0.2, 0.25) is 0 Å². The molecule has 1 fully saturated rings. The number of piperidine rings is 1. The molecule has 0 radical (unpaired) electrons. The Labute approximate surface area is 145 Å². The van der Waals surface area contributed by atoms with Crippen LogP contribution in [0.5, 0.6) is 5.75 Å². The largest absolute Gasteiger partial charge is 0.493 e. The van der Waals surface area contributed by atoms with Gasteiger partial charge in [0.2, 0.25) is 0 Å². The van der Waals surface area contributed by atoms with Crippen LogP contribution in [0.1, 0.15) is 44.5 Å². The maximum absolute atomic E-state index is 12.6. The van der Waals surface area contributed by atoms with Gasteiger partial charge in [-0.05, 0) is 42.0 Å². The van der Waals surface area contributed by atoms with Gasteiger partial charge in [0, 0.05) is 24.7 Å². The summed E-state index contributed by atoms with van der Waals surface area (Å²) >= 11 is 0. The number of nitrogens with zero attached hydrogens (tertiary/aromatic N) is 1. The first-order chi connectivity index (χ1) is 10.3. The highest BCUT2D eigenvalue weighted by atomic mass is 35.5. The van der Waals surface area contributed by atoms with Crippen molar-refractivity contribution in [3.05, 3.63) is 29.8 Å². The van der Waals surface area contributed by atoms with Crippen molar-refractivity contribution < 1.29 is 9.53 Å². The van der Waals surface area contributed by atoms with Crippen LogP contribution in [-0.2, 0) is 0 Å². The van der Waals surface area contributed by atoms with Gasteiger partial charge in [-0.25, -0.2) is 0 Å². The number of carbonyl (C=O) groups is 1. The van der Waals surface area contributed by atoms with Crippen LogP contribution in [0, 0.1) is 11.3 Å². The third kappa shape index (κ3) is 5.11. The lowest BCUT2D eigenvalue weighted by Gasteiger charge is -2.42. The zero-order valence-corrected chi connectivity index (χ0v) is 15.4. The minimum atomic E-state index is -0.0335. The molecule has 0 bridgehead atoms. The third-order valence-electron chi connectivity index (χ3n) is 4.28. The van der Waals surface area contributed by atoms with Crippen molar-refractivity contribution in [3.8, 4) is 5.75 Å². The second kappa shape index (κ2) is 8.02. The third-order valence-corrected chi connectivity index (χ3v) is 4.28. The zero-order chi connectivity index (χ0) is 16.3. The van der Waals surface area contributed by atoms with Crippen molar-refractivity contribution in [3.63, 3.8) is 0 Å². The lowest BCUT2D eigenvalue weighted by atomic mass is 9.79. The molecule has 1 aromatic rings. The number of rotatable bonds is 4. The van der Waals surface area contributed by atoms with Gasteiger partial charge in [0.05, 0.1) is 6.61 Å². The molecule has 130 valence electrons. The van der Waals surface area contributed by atoms with Crippen LogP contribution in [0.3, 0.4) is 0 Å². The molecule has 0 aromatic heterocycles. The predicted molar refractivity (Wildman–Crippen MR) is 96.3 cm³/mol. The first-order valence-corrected chi connectivity index (χ1v) is 8.07. The first-order valence-electron chi connectivity index (χ1n) is 8.07. The molecule has 1 amide bonds. The summed E-state index contributed by atoms with van der Waals surface area (Å²) in [6.45, 7) is 10.6. The van der Waals surface area contributed by atoms with Gasteiger partial charge in [-0.2, -0.15) is 0 Å². The van der Waals surface area contributed by atoms with Crippen LogP contribution in [0.25, 0.3) is 0 Å². The molecule has 0 saturated carbocycles. The van der Waals surface area contributed by atoms with E-state index < -0.39 is 0 Å². The van der Waals surface area contributed by atoms with E-state index in [0.29, 0.717) is 24.6 Å². The predicted octanol–water partition coefficient (Wildman–Crippen LogP) is 3.34. The van der Waals surface area contributed by atoms with Gasteiger partial charge in [0.15, 0.2) is 0 Å². The molecule has 1 atom stereocenters. The van der Waals surface area contributed by atoms with Crippen molar-refractivity contribution >= 4 is 18.3 Å². The van der Waals surface area contributed by atoms with Gasteiger partial charge in [0.25, 0.3) is 5.91 Å². The van der Waals surface area contributed by atoms with E-state index in [0.717, 1.165) is 18.7 Å². The van der Waals surface area contributed by atoms with Crippen molar-refractivity contribution in [2.45, 2.75) is 40.2 Å². The standard InChI is InChI=1S/C18H28N2O2.ClH/c1-13(2)11-22-15-7-5-14(6-8-15)17(21)20-10-9-16(19)18(3,4)12-20;/h5-8,13,16H,9-12,19H2,1-4H3;1H. The Morgan fingerprint density at radius 1 is 1.35 bits per heavy atom. The van der Waals surface area contributed by atoms with Gasteiger partial charge in [-0.15, -0.1) is 12.4 Å². The van der Waals surface area contributed by atoms with Crippen LogP contribution in [-0.4, -0.2) is 36.5 Å². The summed E-state index contributed by atoms with van der Waals surface area (Å²) in [5, 5.41) is 0. The topological polar surface area (TPSA) is 55.6 Å². The summed E-state index contributed by atoms with van der Waals surface area (Å²) < 4.78 is 5.65. The molecule has 1 saturated heterocycles. The van der Waals surface area contributed by atoms with Gasteiger partial charge in [0.1, 0.15) is 5.75 Å². The fourth-order valence-electron chi connectivity index (χ4n) is 2.69. The normalized spacial score (nSPS) is 20.1. The Bertz CT molecular complexity index is 514. The highest BCUT2D eigenvalue weighted by Crippen LogP contribution is 2.28. The van der Waals surface area contributed by atoms with Crippen molar-refractivity contribution in [1.29, 1.82) is 0 Å². The molecule has 4 nitrogen and oxygen atoms in total. The number of carbonyl (C=O) groups excluding carboxylic acids is 1. The molecular weight excluding hydrogens is 312 g/mol. The molecular formula is C18H29ClN2O2. The molecule has 1 unspecified atom stereocenters. The Balaban J connectivity index is 0.00000264. The summed E-state index contributed by atoms with van der Waals surface area (Å²) in [6, 6.07) is 7.59. The van der Waals surface area contributed by atoms with E-state index in [4.69, 9.17) is 10.5 Å². The lowest BCUT2D eigenvalue weighted by molar-refractivity contribution is 0.0533. The molecule has 1 heterocycles. The molecule has 2 rings (SSSR count). The Morgan fingerprint density at radius 3 is 2.48 bits per heavy atom. The molecule has 1 aliphatic rings. The monoisotopic (exact) mass is 340 g/mol. The molecule has 5 heteroatoms. The average Bonchev–Trinajstić information content (AvgIpc) is 2.47. The molecule has 2 N–H and O–H groups in total. The minimum Gasteiger partial charge on any atom is -0.493 e. The fourth-order valence-corrected chi connectivity index (χ4v) is 2.69. The summed E-state index contributed by atoms with van der Waals surface area (Å²) in [7, 11) is 0. The smallest absolute Gasteiger partial charge is 0.253 e. The first kappa shape index (κ1) is 19.8. The Kier molecular flexibility index (Phi) is 6.90. The van der Waals surface area contributed by atoms with E-state index in [-0.39, 0.29) is 29.8 Å². The van der Waals surface area contributed by atoms with E-state index in [1.165, 1.54) is 0 Å². The minimum absolute atomic E-state index is 0. The van der Waals surface area contributed by atoms with Crippen LogP contribution in [0.4, 0.5) is 0 Å².